The fourth-order valence-electron chi connectivity index (χ4n) is 2.40. The molecule has 0 aliphatic rings. The van der Waals surface area contributed by atoms with Crippen molar-refractivity contribution >= 4 is 6.29 Å². The van der Waals surface area contributed by atoms with E-state index in [1.54, 1.807) is 6.07 Å². The van der Waals surface area contributed by atoms with E-state index in [4.69, 9.17) is 0 Å². The molecule has 1 unspecified atom stereocenters. The second-order valence-electron chi connectivity index (χ2n) is 5.12. The van der Waals surface area contributed by atoms with E-state index in [1.807, 2.05) is 24.3 Å². The van der Waals surface area contributed by atoms with Crippen LogP contribution < -0.4 is 0 Å². The van der Waals surface area contributed by atoms with Gasteiger partial charge in [0.15, 0.2) is 0 Å². The lowest BCUT2D eigenvalue weighted by Gasteiger charge is -2.13. The maximum atomic E-state index is 11.4. The molecule has 2 aromatic carbocycles. The lowest BCUT2D eigenvalue weighted by atomic mass is 9.92. The highest BCUT2D eigenvalue weighted by Crippen LogP contribution is 2.30. The number of benzene rings is 2. The lowest BCUT2D eigenvalue weighted by molar-refractivity contribution is -0.109. The van der Waals surface area contributed by atoms with Crippen LogP contribution in [0.2, 0.25) is 0 Å². The maximum Gasteiger partial charge on any atom is 0.204 e. The van der Waals surface area contributed by atoms with Crippen molar-refractivity contribution < 1.29 is 15.0 Å². The van der Waals surface area contributed by atoms with E-state index >= 15 is 0 Å². The summed E-state index contributed by atoms with van der Waals surface area (Å²) >= 11 is 0. The quantitative estimate of drug-likeness (QED) is 0.620. The van der Waals surface area contributed by atoms with Crippen molar-refractivity contribution in [2.75, 3.05) is 0 Å². The highest BCUT2D eigenvalue weighted by atomic mass is 16.3. The van der Waals surface area contributed by atoms with Gasteiger partial charge in [-0.3, -0.25) is 0 Å². The normalized spacial score (nSPS) is 12.0. The van der Waals surface area contributed by atoms with Crippen LogP contribution in [0, 0.1) is 0 Å². The fraction of sp³-hybridized carbons (Fsp3) is 0.125. The van der Waals surface area contributed by atoms with Crippen molar-refractivity contribution in [3.8, 4) is 22.9 Å². The van der Waals surface area contributed by atoms with Crippen molar-refractivity contribution in [3.63, 3.8) is 0 Å². The third-order valence-corrected chi connectivity index (χ3v) is 3.59. The maximum absolute atomic E-state index is 11.4. The van der Waals surface area contributed by atoms with Gasteiger partial charge in [-0.1, -0.05) is 30.3 Å². The molecule has 1 aromatic heterocycles. The van der Waals surface area contributed by atoms with Crippen LogP contribution in [0.3, 0.4) is 0 Å². The second kappa shape index (κ2) is 6.27. The number of carbonyl (C=O) groups excluding carboxylic acids is 1. The van der Waals surface area contributed by atoms with Gasteiger partial charge in [-0.25, -0.2) is 0 Å². The van der Waals surface area contributed by atoms with E-state index < -0.39 is 5.92 Å². The monoisotopic (exact) mass is 310 g/mol. The molecule has 7 heteroatoms. The van der Waals surface area contributed by atoms with Crippen LogP contribution in [-0.4, -0.2) is 37.1 Å². The highest BCUT2D eigenvalue weighted by Gasteiger charge is 2.16. The molecule has 3 N–H and O–H groups in total. The van der Waals surface area contributed by atoms with E-state index in [2.05, 4.69) is 20.6 Å². The highest BCUT2D eigenvalue weighted by molar-refractivity contribution is 5.66. The third kappa shape index (κ3) is 3.18. The molecule has 3 rings (SSSR count). The Morgan fingerprint density at radius 1 is 1.13 bits per heavy atom. The van der Waals surface area contributed by atoms with Crippen LogP contribution in [-0.2, 0) is 11.2 Å². The first-order chi connectivity index (χ1) is 11.2. The number of rotatable bonds is 5. The summed E-state index contributed by atoms with van der Waals surface area (Å²) in [5.74, 6) is -0.128. The molecule has 23 heavy (non-hydrogen) atoms. The van der Waals surface area contributed by atoms with E-state index in [0.717, 1.165) is 17.4 Å². The number of nitrogens with zero attached hydrogens (tertiary/aromatic N) is 3. The van der Waals surface area contributed by atoms with Crippen molar-refractivity contribution in [2.24, 2.45) is 0 Å². The molecule has 1 atom stereocenters. The number of hydrogen-bond acceptors (Lipinski definition) is 6. The van der Waals surface area contributed by atoms with E-state index in [9.17, 15) is 15.0 Å². The van der Waals surface area contributed by atoms with Crippen molar-refractivity contribution in [3.05, 3.63) is 53.6 Å². The minimum Gasteiger partial charge on any atom is -0.508 e. The summed E-state index contributed by atoms with van der Waals surface area (Å²) in [7, 11) is 0. The van der Waals surface area contributed by atoms with Gasteiger partial charge in [0.25, 0.3) is 0 Å². The Labute approximate surface area is 131 Å². The van der Waals surface area contributed by atoms with Crippen molar-refractivity contribution in [1.82, 2.24) is 20.6 Å². The molecule has 0 saturated carbocycles. The summed E-state index contributed by atoms with van der Waals surface area (Å²) in [4.78, 5) is 11.4. The van der Waals surface area contributed by atoms with Gasteiger partial charge < -0.3 is 15.0 Å². The topological polar surface area (TPSA) is 112 Å². The number of tetrazole rings is 1. The lowest BCUT2D eigenvalue weighted by Crippen LogP contribution is -2.04. The SMILES string of the molecule is O=CC(Cc1ccc(-c2nn[nH]n2)cc1)c1ccc(O)cc1O. The zero-order valence-corrected chi connectivity index (χ0v) is 12.0. The Morgan fingerprint density at radius 3 is 2.52 bits per heavy atom. The Balaban J connectivity index is 1.80. The molecule has 0 fully saturated rings. The van der Waals surface area contributed by atoms with E-state index in [1.165, 1.54) is 12.1 Å². The molecule has 0 radical (unpaired) electrons. The van der Waals surface area contributed by atoms with Crippen LogP contribution in [0.25, 0.3) is 11.4 Å². The Hall–Kier alpha value is -3.22. The second-order valence-corrected chi connectivity index (χ2v) is 5.12. The smallest absolute Gasteiger partial charge is 0.204 e. The molecule has 0 amide bonds. The van der Waals surface area contributed by atoms with E-state index in [-0.39, 0.29) is 11.5 Å². The Morgan fingerprint density at radius 2 is 1.91 bits per heavy atom. The number of carbonyl (C=O) groups is 1. The summed E-state index contributed by atoms with van der Waals surface area (Å²) < 4.78 is 0. The van der Waals surface area contributed by atoms with Gasteiger partial charge in [0.05, 0.1) is 0 Å². The molecular weight excluding hydrogens is 296 g/mol. The minimum absolute atomic E-state index is 0.0413. The molecular formula is C16H14N4O3. The predicted molar refractivity (Wildman–Crippen MR) is 81.9 cm³/mol. The average molecular weight is 310 g/mol. The number of aldehydes is 1. The zero-order chi connectivity index (χ0) is 16.2. The summed E-state index contributed by atoms with van der Waals surface area (Å²) in [5, 5.41) is 32.9. The largest absolute Gasteiger partial charge is 0.508 e. The molecule has 0 spiro atoms. The van der Waals surface area contributed by atoms with Crippen molar-refractivity contribution in [2.45, 2.75) is 12.3 Å². The van der Waals surface area contributed by atoms with Gasteiger partial charge in [0.1, 0.15) is 17.8 Å². The molecule has 7 nitrogen and oxygen atoms in total. The summed E-state index contributed by atoms with van der Waals surface area (Å²) in [6, 6.07) is 11.7. The van der Waals surface area contributed by atoms with Crippen LogP contribution in [0.4, 0.5) is 0 Å². The third-order valence-electron chi connectivity index (χ3n) is 3.59. The first kappa shape index (κ1) is 14.7. The number of aromatic amines is 1. The Kier molecular flexibility index (Phi) is 4.01. The van der Waals surface area contributed by atoms with Crippen LogP contribution in [0.15, 0.2) is 42.5 Å². The molecule has 0 saturated heterocycles. The molecule has 0 aliphatic carbocycles. The average Bonchev–Trinajstić information content (AvgIpc) is 3.08. The number of H-pyrrole nitrogens is 1. The number of phenolic OH excluding ortho intramolecular Hbond substituents is 2. The van der Waals surface area contributed by atoms with Gasteiger partial charge in [0.2, 0.25) is 5.82 Å². The summed E-state index contributed by atoms with van der Waals surface area (Å²) in [6.45, 7) is 0. The Bertz CT molecular complexity index is 801. The minimum atomic E-state index is -0.494. The number of hydrogen-bond donors (Lipinski definition) is 3. The standard InChI is InChI=1S/C16H14N4O3/c21-9-12(14-6-5-13(22)8-15(14)23)7-10-1-3-11(4-2-10)16-17-19-20-18-16/h1-6,8-9,12,22-23H,7H2,(H,17,18,19,20). The predicted octanol–water partition coefficient (Wildman–Crippen LogP) is 1.80. The van der Waals surface area contributed by atoms with Gasteiger partial charge in [-0.05, 0) is 23.3 Å². The van der Waals surface area contributed by atoms with Crippen LogP contribution in [0.1, 0.15) is 17.0 Å². The van der Waals surface area contributed by atoms with Gasteiger partial charge >= 0.3 is 0 Å². The first-order valence-electron chi connectivity index (χ1n) is 6.97. The number of aromatic nitrogens is 4. The van der Waals surface area contributed by atoms with Crippen molar-refractivity contribution in [1.29, 1.82) is 0 Å². The number of phenols is 2. The van der Waals surface area contributed by atoms with Crippen LogP contribution >= 0.6 is 0 Å². The molecule has 3 aromatic rings. The number of nitrogens with one attached hydrogen (secondary N) is 1. The van der Waals surface area contributed by atoms with Gasteiger partial charge in [-0.2, -0.15) is 5.21 Å². The van der Waals surface area contributed by atoms with Gasteiger partial charge in [0, 0.05) is 23.1 Å². The van der Waals surface area contributed by atoms with Gasteiger partial charge in [-0.15, -0.1) is 10.2 Å². The first-order valence-corrected chi connectivity index (χ1v) is 6.97. The zero-order valence-electron chi connectivity index (χ0n) is 12.0. The molecule has 0 bridgehead atoms. The molecule has 116 valence electrons. The fourth-order valence-corrected chi connectivity index (χ4v) is 2.40. The van der Waals surface area contributed by atoms with E-state index in [0.29, 0.717) is 17.8 Å². The molecule has 0 aliphatic heterocycles. The van der Waals surface area contributed by atoms with Crippen LogP contribution in [0.5, 0.6) is 11.5 Å². The summed E-state index contributed by atoms with van der Waals surface area (Å²) in [6.07, 6.45) is 1.23. The summed E-state index contributed by atoms with van der Waals surface area (Å²) in [5.41, 5.74) is 2.24. The number of aromatic hydroxyl groups is 2. The molecule has 1 heterocycles.